The Balaban J connectivity index is 1.07. The first-order chi connectivity index (χ1) is 31.5. The van der Waals surface area contributed by atoms with Crippen LogP contribution in [0.3, 0.4) is 0 Å². The number of benzene rings is 10. The van der Waals surface area contributed by atoms with Crippen LogP contribution in [0.15, 0.2) is 229 Å². The molecule has 0 atom stereocenters. The highest BCUT2D eigenvalue weighted by Crippen LogP contribution is 2.58. The fourth-order valence-electron chi connectivity index (χ4n) is 11.5. The van der Waals surface area contributed by atoms with Crippen molar-refractivity contribution in [1.82, 2.24) is 0 Å². The molecule has 0 saturated carbocycles. The van der Waals surface area contributed by atoms with E-state index in [1.54, 1.807) is 0 Å². The van der Waals surface area contributed by atoms with E-state index in [0.29, 0.717) is 0 Å². The normalized spacial score (nSPS) is 14.0. The second-order valence-electron chi connectivity index (χ2n) is 18.0. The molecule has 1 aromatic heterocycles. The van der Waals surface area contributed by atoms with Crippen molar-refractivity contribution in [3.05, 3.63) is 258 Å². The summed E-state index contributed by atoms with van der Waals surface area (Å²) in [6.45, 7) is 4.74. The van der Waals surface area contributed by atoms with Crippen LogP contribution >= 0.6 is 0 Å². The van der Waals surface area contributed by atoms with Crippen molar-refractivity contribution in [2.75, 3.05) is 4.90 Å². The molecule has 64 heavy (non-hydrogen) atoms. The third-order valence-electron chi connectivity index (χ3n) is 14.3. The van der Waals surface area contributed by atoms with E-state index in [1.807, 2.05) is 6.07 Å². The lowest BCUT2D eigenvalue weighted by atomic mass is 9.67. The van der Waals surface area contributed by atoms with Gasteiger partial charge in [-0.05, 0) is 121 Å². The Labute approximate surface area is 373 Å². The molecule has 0 bridgehead atoms. The number of hydrogen-bond acceptors (Lipinski definition) is 2. The van der Waals surface area contributed by atoms with Gasteiger partial charge in [-0.1, -0.05) is 190 Å². The molecule has 0 amide bonds. The van der Waals surface area contributed by atoms with Crippen LogP contribution in [0.5, 0.6) is 0 Å². The molecule has 0 aliphatic heterocycles. The first kappa shape index (κ1) is 36.7. The number of para-hydroxylation sites is 1. The highest BCUT2D eigenvalue weighted by Gasteiger charge is 2.46. The Morgan fingerprint density at radius 2 is 0.922 bits per heavy atom. The zero-order valence-electron chi connectivity index (χ0n) is 35.7. The van der Waals surface area contributed by atoms with Crippen molar-refractivity contribution in [2.24, 2.45) is 0 Å². The van der Waals surface area contributed by atoms with Crippen molar-refractivity contribution < 1.29 is 4.42 Å². The van der Waals surface area contributed by atoms with E-state index in [2.05, 4.69) is 237 Å². The molecule has 0 radical (unpaired) electrons. The Morgan fingerprint density at radius 3 is 1.67 bits per heavy atom. The average Bonchev–Trinajstić information content (AvgIpc) is 3.96. The second kappa shape index (κ2) is 13.8. The third-order valence-corrected chi connectivity index (χ3v) is 14.3. The molecular weight excluding hydrogens is 775 g/mol. The summed E-state index contributed by atoms with van der Waals surface area (Å²) in [5.74, 6) is 0. The molecule has 0 fully saturated rings. The molecule has 10 aromatic carbocycles. The molecule has 13 rings (SSSR count). The summed E-state index contributed by atoms with van der Waals surface area (Å²) >= 11 is 0. The van der Waals surface area contributed by atoms with E-state index in [1.165, 1.54) is 72.0 Å². The molecule has 0 saturated heterocycles. The minimum Gasteiger partial charge on any atom is -0.456 e. The summed E-state index contributed by atoms with van der Waals surface area (Å²) < 4.78 is 6.44. The van der Waals surface area contributed by atoms with Crippen molar-refractivity contribution in [2.45, 2.75) is 24.7 Å². The first-order valence-corrected chi connectivity index (χ1v) is 22.3. The average molecular weight is 818 g/mol. The van der Waals surface area contributed by atoms with Crippen LogP contribution in [0.1, 0.15) is 47.2 Å². The lowest BCUT2D eigenvalue weighted by Crippen LogP contribution is -2.28. The van der Waals surface area contributed by atoms with E-state index in [4.69, 9.17) is 4.42 Å². The summed E-state index contributed by atoms with van der Waals surface area (Å²) in [5, 5.41) is 4.68. The molecule has 2 aliphatic rings. The van der Waals surface area contributed by atoms with Gasteiger partial charge in [0.2, 0.25) is 0 Å². The molecule has 0 N–H and O–H groups in total. The quantitative estimate of drug-likeness (QED) is 0.166. The monoisotopic (exact) mass is 817 g/mol. The molecule has 0 unspecified atom stereocenters. The van der Waals surface area contributed by atoms with Gasteiger partial charge in [0.25, 0.3) is 0 Å². The number of furan rings is 1. The molecule has 2 nitrogen and oxygen atoms in total. The predicted molar refractivity (Wildman–Crippen MR) is 266 cm³/mol. The van der Waals surface area contributed by atoms with Crippen molar-refractivity contribution in [1.29, 1.82) is 0 Å². The summed E-state index contributed by atoms with van der Waals surface area (Å²) in [5.41, 5.74) is 19.7. The molecule has 1 heterocycles. The summed E-state index contributed by atoms with van der Waals surface area (Å²) in [6, 6.07) is 82.9. The summed E-state index contributed by atoms with van der Waals surface area (Å²) in [6.07, 6.45) is 0. The number of fused-ring (bicyclic) bond motifs is 11. The van der Waals surface area contributed by atoms with Gasteiger partial charge in [0.1, 0.15) is 11.2 Å². The maximum atomic E-state index is 6.44. The number of rotatable bonds is 6. The summed E-state index contributed by atoms with van der Waals surface area (Å²) in [7, 11) is 0. The highest BCUT2D eigenvalue weighted by atomic mass is 16.3. The van der Waals surface area contributed by atoms with E-state index < -0.39 is 5.41 Å². The van der Waals surface area contributed by atoms with Crippen LogP contribution in [0.25, 0.3) is 66.1 Å². The molecule has 0 spiro atoms. The van der Waals surface area contributed by atoms with Gasteiger partial charge in [-0.3, -0.25) is 0 Å². The Morgan fingerprint density at radius 1 is 0.359 bits per heavy atom. The second-order valence-corrected chi connectivity index (χ2v) is 18.0. The third kappa shape index (κ3) is 5.14. The highest BCUT2D eigenvalue weighted by molar-refractivity contribution is 6.23. The lowest BCUT2D eigenvalue weighted by Gasteiger charge is -2.35. The Hall–Kier alpha value is -7.94. The van der Waals surface area contributed by atoms with E-state index in [-0.39, 0.29) is 5.41 Å². The van der Waals surface area contributed by atoms with Crippen LogP contribution in [-0.2, 0) is 10.8 Å². The van der Waals surface area contributed by atoms with E-state index in [0.717, 1.165) is 44.6 Å². The van der Waals surface area contributed by atoms with Crippen LogP contribution in [0.2, 0.25) is 0 Å². The topological polar surface area (TPSA) is 16.4 Å². The van der Waals surface area contributed by atoms with Gasteiger partial charge in [-0.15, -0.1) is 0 Å². The van der Waals surface area contributed by atoms with Crippen LogP contribution in [0, 0.1) is 0 Å². The smallest absolute Gasteiger partial charge is 0.136 e. The zero-order valence-corrected chi connectivity index (χ0v) is 35.7. The molecular formula is C62H43NO. The van der Waals surface area contributed by atoms with Crippen molar-refractivity contribution >= 4 is 49.8 Å². The number of hydrogen-bond donors (Lipinski definition) is 0. The van der Waals surface area contributed by atoms with E-state index >= 15 is 0 Å². The van der Waals surface area contributed by atoms with Crippen LogP contribution in [-0.4, -0.2) is 0 Å². The van der Waals surface area contributed by atoms with Gasteiger partial charge < -0.3 is 9.32 Å². The summed E-state index contributed by atoms with van der Waals surface area (Å²) in [4.78, 5) is 2.49. The molecule has 2 aliphatic carbocycles. The van der Waals surface area contributed by atoms with Crippen LogP contribution in [0.4, 0.5) is 17.1 Å². The van der Waals surface area contributed by atoms with Crippen LogP contribution < -0.4 is 4.90 Å². The van der Waals surface area contributed by atoms with Gasteiger partial charge in [0, 0.05) is 38.6 Å². The Kier molecular flexibility index (Phi) is 7.90. The largest absolute Gasteiger partial charge is 0.456 e. The van der Waals surface area contributed by atoms with E-state index in [9.17, 15) is 0 Å². The molecule has 302 valence electrons. The van der Waals surface area contributed by atoms with Crippen molar-refractivity contribution in [3.8, 4) is 33.4 Å². The fraction of sp³-hybridized carbons (Fsp3) is 0.0645. The van der Waals surface area contributed by atoms with Gasteiger partial charge in [-0.25, -0.2) is 0 Å². The first-order valence-electron chi connectivity index (χ1n) is 22.3. The molecule has 11 aromatic rings. The van der Waals surface area contributed by atoms with Crippen molar-refractivity contribution in [3.63, 3.8) is 0 Å². The minimum absolute atomic E-state index is 0.160. The molecule has 2 heteroatoms. The SMILES string of the molecule is CC1(C)c2ccccc2-c2ccc(N(c3cccc(-c4cccc5ccc6oc7ccccc7c6c45)c3)c3ccc4c(c3)C(c3ccccc3)(c3ccccc3)c3ccccc3-4)cc21. The van der Waals surface area contributed by atoms with Gasteiger partial charge in [-0.2, -0.15) is 0 Å². The minimum atomic E-state index is -0.527. The Bertz CT molecular complexity index is 3610. The maximum Gasteiger partial charge on any atom is 0.136 e. The van der Waals surface area contributed by atoms with Gasteiger partial charge in [0.05, 0.1) is 5.41 Å². The number of nitrogens with zero attached hydrogens (tertiary/aromatic N) is 1. The van der Waals surface area contributed by atoms with Gasteiger partial charge in [0.15, 0.2) is 0 Å². The maximum absolute atomic E-state index is 6.44. The standard InChI is InChI=1S/C62H43NO/c1-61(2)53-28-12-9-24-48(53)50-34-32-45(38-55(50)61)63(44-23-15-18-41(37-44)47-27-16-17-40-31-36-58-60(59(40)47)52-26-11-14-30-57(52)64-58)46-33-35-51-49-25-10-13-29-54(49)62(56(51)39-46,42-19-5-3-6-20-42)43-21-7-4-8-22-43/h3-39H,1-2H3. The predicted octanol–water partition coefficient (Wildman–Crippen LogP) is 16.5. The van der Waals surface area contributed by atoms with Gasteiger partial charge >= 0.3 is 0 Å². The zero-order chi connectivity index (χ0) is 42.6. The number of anilines is 3. The fourth-order valence-corrected chi connectivity index (χ4v) is 11.5. The lowest BCUT2D eigenvalue weighted by molar-refractivity contribution is 0.660.